The first-order valence-corrected chi connectivity index (χ1v) is 3.38. The van der Waals surface area contributed by atoms with Crippen molar-refractivity contribution in [1.82, 2.24) is 4.98 Å². The van der Waals surface area contributed by atoms with Crippen LogP contribution in [0.15, 0.2) is 12.3 Å². The van der Waals surface area contributed by atoms with E-state index in [1.807, 2.05) is 0 Å². The van der Waals surface area contributed by atoms with Crippen molar-refractivity contribution in [3.8, 4) is 0 Å². The number of carbonyl (C=O) groups is 1. The Morgan fingerprint density at radius 2 is 2.33 bits per heavy atom. The molecule has 5 nitrogen and oxygen atoms in total. The molecule has 1 amide bonds. The van der Waals surface area contributed by atoms with E-state index in [0.717, 1.165) is 0 Å². The SMILES string of the molecule is CNc1cc(C(N)=O)c(N)cn1. The van der Waals surface area contributed by atoms with E-state index < -0.39 is 5.91 Å². The summed E-state index contributed by atoms with van der Waals surface area (Å²) < 4.78 is 0. The van der Waals surface area contributed by atoms with Gasteiger partial charge in [-0.15, -0.1) is 0 Å². The third kappa shape index (κ3) is 1.45. The zero-order valence-electron chi connectivity index (χ0n) is 6.66. The molecule has 0 spiro atoms. The van der Waals surface area contributed by atoms with Crippen LogP contribution in [0.2, 0.25) is 0 Å². The predicted octanol–water partition coefficient (Wildman–Crippen LogP) is -0.196. The number of aromatic nitrogens is 1. The van der Waals surface area contributed by atoms with Crippen LogP contribution in [-0.4, -0.2) is 17.9 Å². The van der Waals surface area contributed by atoms with E-state index in [4.69, 9.17) is 11.5 Å². The molecule has 5 N–H and O–H groups in total. The van der Waals surface area contributed by atoms with Gasteiger partial charge in [0.2, 0.25) is 0 Å². The van der Waals surface area contributed by atoms with Gasteiger partial charge in [-0.25, -0.2) is 4.98 Å². The van der Waals surface area contributed by atoms with Gasteiger partial charge in [0.25, 0.3) is 5.91 Å². The van der Waals surface area contributed by atoms with Crippen molar-refractivity contribution in [2.75, 3.05) is 18.1 Å². The quantitative estimate of drug-likeness (QED) is 0.567. The summed E-state index contributed by atoms with van der Waals surface area (Å²) in [6, 6.07) is 1.51. The van der Waals surface area contributed by atoms with Crippen LogP contribution in [0.5, 0.6) is 0 Å². The molecule has 0 bridgehead atoms. The van der Waals surface area contributed by atoms with Gasteiger partial charge in [-0.2, -0.15) is 0 Å². The fraction of sp³-hybridized carbons (Fsp3) is 0.143. The number of nitrogen functional groups attached to an aromatic ring is 1. The van der Waals surface area contributed by atoms with E-state index in [2.05, 4.69) is 10.3 Å². The number of nitrogens with two attached hydrogens (primary N) is 2. The Morgan fingerprint density at radius 3 is 2.83 bits per heavy atom. The molecule has 0 aromatic carbocycles. The molecule has 0 radical (unpaired) electrons. The Balaban J connectivity index is 3.17. The van der Waals surface area contributed by atoms with E-state index in [1.165, 1.54) is 12.3 Å². The van der Waals surface area contributed by atoms with Crippen molar-refractivity contribution in [2.45, 2.75) is 0 Å². The van der Waals surface area contributed by atoms with E-state index in [-0.39, 0.29) is 5.56 Å². The third-order valence-corrected chi connectivity index (χ3v) is 1.46. The van der Waals surface area contributed by atoms with Gasteiger partial charge in [-0.1, -0.05) is 0 Å². The first kappa shape index (κ1) is 8.32. The van der Waals surface area contributed by atoms with Crippen molar-refractivity contribution in [2.24, 2.45) is 5.73 Å². The molecule has 1 aromatic rings. The number of primary amides is 1. The minimum Gasteiger partial charge on any atom is -0.397 e. The van der Waals surface area contributed by atoms with E-state index in [1.54, 1.807) is 7.05 Å². The molecular formula is C7H10N4O. The minimum absolute atomic E-state index is 0.286. The number of hydrogen-bond acceptors (Lipinski definition) is 4. The second-order valence-corrected chi connectivity index (χ2v) is 2.27. The van der Waals surface area contributed by atoms with Crippen LogP contribution >= 0.6 is 0 Å². The number of rotatable bonds is 2. The van der Waals surface area contributed by atoms with E-state index in [0.29, 0.717) is 11.5 Å². The summed E-state index contributed by atoms with van der Waals surface area (Å²) >= 11 is 0. The van der Waals surface area contributed by atoms with Crippen molar-refractivity contribution in [3.05, 3.63) is 17.8 Å². The summed E-state index contributed by atoms with van der Waals surface area (Å²) in [6.07, 6.45) is 1.39. The number of hydrogen-bond donors (Lipinski definition) is 3. The van der Waals surface area contributed by atoms with E-state index >= 15 is 0 Å². The number of anilines is 2. The van der Waals surface area contributed by atoms with Crippen LogP contribution in [0.4, 0.5) is 11.5 Å². The largest absolute Gasteiger partial charge is 0.397 e. The molecule has 1 heterocycles. The van der Waals surface area contributed by atoms with Crippen LogP contribution in [0.3, 0.4) is 0 Å². The standard InChI is InChI=1S/C7H10N4O/c1-10-6-2-4(7(9)12)5(8)3-11-6/h2-3H,8H2,1H3,(H2,9,12)(H,10,11). The maximum atomic E-state index is 10.8. The maximum Gasteiger partial charge on any atom is 0.250 e. The highest BCUT2D eigenvalue weighted by Gasteiger charge is 2.06. The Hall–Kier alpha value is -1.78. The van der Waals surface area contributed by atoms with Gasteiger partial charge in [0.15, 0.2) is 0 Å². The summed E-state index contributed by atoms with van der Waals surface area (Å²) in [4.78, 5) is 14.7. The molecular weight excluding hydrogens is 156 g/mol. The van der Waals surface area contributed by atoms with Gasteiger partial charge in [0.1, 0.15) is 5.82 Å². The molecule has 0 saturated heterocycles. The van der Waals surface area contributed by atoms with Crippen LogP contribution < -0.4 is 16.8 Å². The molecule has 0 unspecified atom stereocenters. The molecule has 0 saturated carbocycles. The molecule has 0 aliphatic carbocycles. The lowest BCUT2D eigenvalue weighted by Crippen LogP contribution is -2.14. The zero-order valence-corrected chi connectivity index (χ0v) is 6.66. The number of pyridine rings is 1. The monoisotopic (exact) mass is 166 g/mol. The highest BCUT2D eigenvalue weighted by atomic mass is 16.1. The lowest BCUT2D eigenvalue weighted by Gasteiger charge is -2.03. The summed E-state index contributed by atoms with van der Waals surface area (Å²) in [7, 11) is 1.70. The first-order valence-electron chi connectivity index (χ1n) is 3.38. The second-order valence-electron chi connectivity index (χ2n) is 2.27. The molecule has 12 heavy (non-hydrogen) atoms. The Bertz CT molecular complexity index is 310. The smallest absolute Gasteiger partial charge is 0.250 e. The molecule has 1 rings (SSSR count). The van der Waals surface area contributed by atoms with Crippen LogP contribution in [0, 0.1) is 0 Å². The summed E-state index contributed by atoms with van der Waals surface area (Å²) in [5.41, 5.74) is 11.1. The Morgan fingerprint density at radius 1 is 1.67 bits per heavy atom. The fourth-order valence-electron chi connectivity index (χ4n) is 0.816. The molecule has 64 valence electrons. The average molecular weight is 166 g/mol. The summed E-state index contributed by atoms with van der Waals surface area (Å²) in [6.45, 7) is 0. The molecule has 0 fully saturated rings. The van der Waals surface area contributed by atoms with Crippen molar-refractivity contribution in [3.63, 3.8) is 0 Å². The lowest BCUT2D eigenvalue weighted by molar-refractivity contribution is 0.100. The molecule has 0 atom stereocenters. The van der Waals surface area contributed by atoms with E-state index in [9.17, 15) is 4.79 Å². The van der Waals surface area contributed by atoms with Crippen LogP contribution in [0.25, 0.3) is 0 Å². The Labute approximate surface area is 69.8 Å². The number of nitrogens with one attached hydrogen (secondary N) is 1. The Kier molecular flexibility index (Phi) is 2.14. The highest BCUT2D eigenvalue weighted by Crippen LogP contribution is 2.12. The maximum absolute atomic E-state index is 10.8. The first-order chi connectivity index (χ1) is 5.65. The van der Waals surface area contributed by atoms with Crippen molar-refractivity contribution < 1.29 is 4.79 Å². The topological polar surface area (TPSA) is 94.0 Å². The number of amides is 1. The summed E-state index contributed by atoms with van der Waals surface area (Å²) in [5, 5.41) is 2.78. The zero-order chi connectivity index (χ0) is 9.14. The highest BCUT2D eigenvalue weighted by molar-refractivity contribution is 5.98. The van der Waals surface area contributed by atoms with Crippen molar-refractivity contribution in [1.29, 1.82) is 0 Å². The normalized spacial score (nSPS) is 9.42. The average Bonchev–Trinajstić information content (AvgIpc) is 2.05. The fourth-order valence-corrected chi connectivity index (χ4v) is 0.816. The summed E-state index contributed by atoms with van der Waals surface area (Å²) in [5.74, 6) is 0.0180. The third-order valence-electron chi connectivity index (χ3n) is 1.46. The number of carbonyl (C=O) groups excluding carboxylic acids is 1. The second kappa shape index (κ2) is 3.08. The van der Waals surface area contributed by atoms with Gasteiger partial charge in [0, 0.05) is 7.05 Å². The van der Waals surface area contributed by atoms with Gasteiger partial charge in [0.05, 0.1) is 17.4 Å². The van der Waals surface area contributed by atoms with Gasteiger partial charge >= 0.3 is 0 Å². The number of nitrogens with zero attached hydrogens (tertiary/aromatic N) is 1. The predicted molar refractivity (Wildman–Crippen MR) is 46.7 cm³/mol. The van der Waals surface area contributed by atoms with Crippen molar-refractivity contribution >= 4 is 17.4 Å². The molecule has 5 heteroatoms. The van der Waals surface area contributed by atoms with Gasteiger partial charge < -0.3 is 16.8 Å². The molecule has 1 aromatic heterocycles. The van der Waals surface area contributed by atoms with Crippen LogP contribution in [-0.2, 0) is 0 Å². The van der Waals surface area contributed by atoms with Gasteiger partial charge in [-0.05, 0) is 6.07 Å². The lowest BCUT2D eigenvalue weighted by atomic mass is 10.2. The van der Waals surface area contributed by atoms with Crippen LogP contribution in [0.1, 0.15) is 10.4 Å². The minimum atomic E-state index is -0.550. The molecule has 0 aliphatic heterocycles. The van der Waals surface area contributed by atoms with Gasteiger partial charge in [-0.3, -0.25) is 4.79 Å². The molecule has 0 aliphatic rings.